The average Bonchev–Trinajstić information content (AvgIpc) is 3.12. The Hall–Kier alpha value is -3.03. The van der Waals surface area contributed by atoms with Gasteiger partial charge in [-0.15, -0.1) is 0 Å². The van der Waals surface area contributed by atoms with Gasteiger partial charge in [0.05, 0.1) is 45.6 Å². The van der Waals surface area contributed by atoms with Crippen LogP contribution < -0.4 is 9.47 Å². The first-order valence-electron chi connectivity index (χ1n) is 7.70. The molecule has 0 bridgehead atoms. The molecule has 1 aliphatic rings. The average molecular weight is 345 g/mol. The highest BCUT2D eigenvalue weighted by Gasteiger charge is 2.37. The summed E-state index contributed by atoms with van der Waals surface area (Å²) in [6.45, 7) is 0.244. The number of aromatic nitrogens is 2. The van der Waals surface area contributed by atoms with E-state index in [1.165, 1.54) is 26.2 Å². The van der Waals surface area contributed by atoms with Crippen molar-refractivity contribution in [3.05, 3.63) is 41.5 Å². The second kappa shape index (κ2) is 6.84. The highest BCUT2D eigenvalue weighted by Crippen LogP contribution is 2.27. The summed E-state index contributed by atoms with van der Waals surface area (Å²) in [5.41, 5.74) is 1.94. The number of imidazole rings is 1. The molecule has 1 amide bonds. The van der Waals surface area contributed by atoms with Gasteiger partial charge in [-0.25, -0.2) is 9.78 Å². The Balaban J connectivity index is 1.98. The lowest BCUT2D eigenvalue weighted by atomic mass is 10.0. The van der Waals surface area contributed by atoms with E-state index < -0.39 is 12.0 Å². The molecule has 0 radical (unpaired) electrons. The minimum absolute atomic E-state index is 0.244. The molecular weight excluding hydrogens is 326 g/mol. The van der Waals surface area contributed by atoms with Crippen LogP contribution in [-0.2, 0) is 22.5 Å². The standard InChI is InChI=1S/C17H19N3O5/c1-23-11-4-10(5-12(6-11)24-2)16(21)20-8-14-13(18-9-19-14)7-15(20)17(22)25-3/h4-6,9,15H,7-8H2,1-3H3,(H,18,19). The van der Waals surface area contributed by atoms with Crippen LogP contribution in [0.2, 0.25) is 0 Å². The lowest BCUT2D eigenvalue weighted by Crippen LogP contribution is -2.49. The largest absolute Gasteiger partial charge is 0.497 e. The third kappa shape index (κ3) is 3.15. The van der Waals surface area contributed by atoms with Crippen LogP contribution in [0, 0.1) is 0 Å². The Labute approximate surface area is 144 Å². The number of hydrogen-bond acceptors (Lipinski definition) is 6. The second-order valence-electron chi connectivity index (χ2n) is 5.61. The summed E-state index contributed by atoms with van der Waals surface area (Å²) in [6, 6.07) is 4.17. The Kier molecular flexibility index (Phi) is 4.60. The number of fused-ring (bicyclic) bond motifs is 1. The van der Waals surface area contributed by atoms with Crippen molar-refractivity contribution in [3.63, 3.8) is 0 Å². The Bertz CT molecular complexity index is 779. The number of aromatic amines is 1. The molecule has 1 unspecified atom stereocenters. The molecule has 2 heterocycles. The number of H-pyrrole nitrogens is 1. The Morgan fingerprint density at radius 3 is 2.44 bits per heavy atom. The van der Waals surface area contributed by atoms with Crippen LogP contribution in [0.25, 0.3) is 0 Å². The molecule has 0 saturated heterocycles. The molecule has 0 fully saturated rings. The molecule has 8 nitrogen and oxygen atoms in total. The number of benzene rings is 1. The third-order valence-corrected chi connectivity index (χ3v) is 4.23. The van der Waals surface area contributed by atoms with Crippen LogP contribution in [0.3, 0.4) is 0 Å². The molecule has 0 aliphatic carbocycles. The fraction of sp³-hybridized carbons (Fsp3) is 0.353. The topological polar surface area (TPSA) is 93.8 Å². The molecule has 8 heteroatoms. The molecular formula is C17H19N3O5. The molecule has 1 N–H and O–H groups in total. The van der Waals surface area contributed by atoms with Crippen LogP contribution in [0.5, 0.6) is 11.5 Å². The van der Waals surface area contributed by atoms with Crippen LogP contribution in [0.1, 0.15) is 21.7 Å². The van der Waals surface area contributed by atoms with Gasteiger partial charge in [0.2, 0.25) is 0 Å². The molecule has 3 rings (SSSR count). The number of methoxy groups -OCH3 is 3. The second-order valence-corrected chi connectivity index (χ2v) is 5.61. The van der Waals surface area contributed by atoms with E-state index in [2.05, 4.69) is 9.97 Å². The van der Waals surface area contributed by atoms with Gasteiger partial charge in [-0.3, -0.25) is 4.79 Å². The maximum absolute atomic E-state index is 13.1. The summed E-state index contributed by atoms with van der Waals surface area (Å²) in [6.07, 6.45) is 1.86. The molecule has 1 aromatic carbocycles. The zero-order valence-electron chi connectivity index (χ0n) is 14.2. The highest BCUT2D eigenvalue weighted by atomic mass is 16.5. The minimum Gasteiger partial charge on any atom is -0.497 e. The van der Waals surface area contributed by atoms with Gasteiger partial charge in [-0.1, -0.05) is 0 Å². The van der Waals surface area contributed by atoms with Gasteiger partial charge < -0.3 is 24.1 Å². The fourth-order valence-electron chi connectivity index (χ4n) is 2.89. The van der Waals surface area contributed by atoms with Crippen molar-refractivity contribution in [1.82, 2.24) is 14.9 Å². The fourth-order valence-corrected chi connectivity index (χ4v) is 2.89. The quantitative estimate of drug-likeness (QED) is 0.836. The maximum atomic E-state index is 13.1. The number of carbonyl (C=O) groups excluding carboxylic acids is 2. The molecule has 132 valence electrons. The number of nitrogens with zero attached hydrogens (tertiary/aromatic N) is 2. The van der Waals surface area contributed by atoms with Gasteiger partial charge in [0.25, 0.3) is 5.91 Å². The predicted octanol–water partition coefficient (Wildman–Crippen LogP) is 1.17. The number of nitrogens with one attached hydrogen (secondary N) is 1. The van der Waals surface area contributed by atoms with Crippen molar-refractivity contribution in [2.45, 2.75) is 19.0 Å². The first-order chi connectivity index (χ1) is 12.1. The predicted molar refractivity (Wildman–Crippen MR) is 87.5 cm³/mol. The first kappa shape index (κ1) is 16.8. The summed E-state index contributed by atoms with van der Waals surface area (Å²) >= 11 is 0. The third-order valence-electron chi connectivity index (χ3n) is 4.23. The highest BCUT2D eigenvalue weighted by molar-refractivity contribution is 5.97. The maximum Gasteiger partial charge on any atom is 0.329 e. The van der Waals surface area contributed by atoms with E-state index in [1.54, 1.807) is 24.5 Å². The van der Waals surface area contributed by atoms with E-state index >= 15 is 0 Å². The number of ether oxygens (including phenoxy) is 3. The number of hydrogen-bond donors (Lipinski definition) is 1. The monoisotopic (exact) mass is 345 g/mol. The van der Waals surface area contributed by atoms with Crippen LogP contribution in [0.4, 0.5) is 0 Å². The van der Waals surface area contributed by atoms with E-state index in [1.807, 2.05) is 0 Å². The Morgan fingerprint density at radius 1 is 1.16 bits per heavy atom. The van der Waals surface area contributed by atoms with Crippen molar-refractivity contribution in [2.75, 3.05) is 21.3 Å². The van der Waals surface area contributed by atoms with Gasteiger partial charge in [-0.2, -0.15) is 0 Å². The number of amides is 1. The minimum atomic E-state index is -0.731. The zero-order chi connectivity index (χ0) is 18.0. The van der Waals surface area contributed by atoms with E-state index in [0.29, 0.717) is 23.5 Å². The van der Waals surface area contributed by atoms with Crippen molar-refractivity contribution in [2.24, 2.45) is 0 Å². The van der Waals surface area contributed by atoms with E-state index in [4.69, 9.17) is 14.2 Å². The summed E-state index contributed by atoms with van der Waals surface area (Å²) in [5.74, 6) is 0.206. The Morgan fingerprint density at radius 2 is 1.84 bits per heavy atom. The zero-order valence-corrected chi connectivity index (χ0v) is 14.2. The SMILES string of the molecule is COC(=O)C1Cc2nc[nH]c2CN1C(=O)c1cc(OC)cc(OC)c1. The molecule has 0 spiro atoms. The molecule has 2 aromatic rings. The van der Waals surface area contributed by atoms with Gasteiger partial charge in [0, 0.05) is 18.1 Å². The summed E-state index contributed by atoms with van der Waals surface area (Å²) in [4.78, 5) is 33.9. The van der Waals surface area contributed by atoms with Crippen molar-refractivity contribution in [1.29, 1.82) is 0 Å². The lowest BCUT2D eigenvalue weighted by Gasteiger charge is -2.33. The molecule has 1 aromatic heterocycles. The van der Waals surface area contributed by atoms with Gasteiger partial charge in [-0.05, 0) is 12.1 Å². The van der Waals surface area contributed by atoms with Crippen molar-refractivity contribution < 1.29 is 23.8 Å². The summed E-state index contributed by atoms with van der Waals surface area (Å²) in [7, 11) is 4.33. The van der Waals surface area contributed by atoms with Crippen LogP contribution in [0.15, 0.2) is 24.5 Å². The number of rotatable bonds is 4. The molecule has 25 heavy (non-hydrogen) atoms. The molecule has 1 atom stereocenters. The molecule has 0 saturated carbocycles. The van der Waals surface area contributed by atoms with E-state index in [0.717, 1.165) is 11.4 Å². The van der Waals surface area contributed by atoms with Gasteiger partial charge >= 0.3 is 5.97 Å². The van der Waals surface area contributed by atoms with Gasteiger partial charge in [0.15, 0.2) is 0 Å². The molecule has 1 aliphatic heterocycles. The summed E-state index contributed by atoms with van der Waals surface area (Å²) < 4.78 is 15.3. The van der Waals surface area contributed by atoms with E-state index in [9.17, 15) is 9.59 Å². The number of carbonyl (C=O) groups is 2. The smallest absolute Gasteiger partial charge is 0.329 e. The first-order valence-corrected chi connectivity index (χ1v) is 7.70. The lowest BCUT2D eigenvalue weighted by molar-refractivity contribution is -0.146. The number of esters is 1. The summed E-state index contributed by atoms with van der Waals surface area (Å²) in [5, 5.41) is 0. The van der Waals surface area contributed by atoms with E-state index in [-0.39, 0.29) is 12.5 Å². The van der Waals surface area contributed by atoms with Crippen molar-refractivity contribution >= 4 is 11.9 Å². The van der Waals surface area contributed by atoms with Crippen molar-refractivity contribution in [3.8, 4) is 11.5 Å². The normalized spacial score (nSPS) is 16.1. The van der Waals surface area contributed by atoms with Crippen LogP contribution in [-0.4, -0.2) is 54.1 Å². The van der Waals surface area contributed by atoms with Crippen LogP contribution >= 0.6 is 0 Å². The van der Waals surface area contributed by atoms with Gasteiger partial charge in [0.1, 0.15) is 17.5 Å².